The number of phenols is 2. The summed E-state index contributed by atoms with van der Waals surface area (Å²) in [5.41, 5.74) is -0.277. The molecule has 0 aromatic heterocycles. The lowest BCUT2D eigenvalue weighted by Gasteiger charge is -1.99. The standard InChI is InChI=1S/C7H5FO3/c8-6-4(3-9)1-2-5(10)7(6)11/h1-3,10-11H. The Morgan fingerprint density at radius 1 is 1.36 bits per heavy atom. The first-order valence-electron chi connectivity index (χ1n) is 2.82. The normalized spacial score (nSPS) is 9.55. The molecule has 4 heteroatoms. The van der Waals surface area contributed by atoms with Crippen molar-refractivity contribution in [3.05, 3.63) is 23.5 Å². The number of aromatic hydroxyl groups is 2. The van der Waals surface area contributed by atoms with Crippen molar-refractivity contribution in [1.29, 1.82) is 0 Å². The maximum absolute atomic E-state index is 12.6. The lowest BCUT2D eigenvalue weighted by molar-refractivity contribution is 0.111. The summed E-state index contributed by atoms with van der Waals surface area (Å²) in [4.78, 5) is 10.1. The molecule has 0 amide bonds. The molecular formula is C7H5FO3. The molecule has 11 heavy (non-hydrogen) atoms. The van der Waals surface area contributed by atoms with Gasteiger partial charge in [-0.15, -0.1) is 0 Å². The third-order valence-corrected chi connectivity index (χ3v) is 1.25. The van der Waals surface area contributed by atoms with Crippen LogP contribution < -0.4 is 0 Å². The van der Waals surface area contributed by atoms with Crippen LogP contribution in [0.1, 0.15) is 10.4 Å². The minimum absolute atomic E-state index is 0.258. The first-order valence-corrected chi connectivity index (χ1v) is 2.82. The molecule has 0 bridgehead atoms. The second kappa shape index (κ2) is 2.57. The van der Waals surface area contributed by atoms with Crippen LogP contribution in [-0.4, -0.2) is 16.5 Å². The molecule has 0 unspecified atom stereocenters. The number of hydrogen-bond acceptors (Lipinski definition) is 3. The van der Waals surface area contributed by atoms with Gasteiger partial charge in [0, 0.05) is 0 Å². The maximum atomic E-state index is 12.6. The van der Waals surface area contributed by atoms with E-state index in [0.717, 1.165) is 12.1 Å². The molecule has 0 saturated heterocycles. The fourth-order valence-corrected chi connectivity index (χ4v) is 0.661. The van der Waals surface area contributed by atoms with Gasteiger partial charge in [-0.3, -0.25) is 4.79 Å². The number of carbonyl (C=O) groups is 1. The van der Waals surface area contributed by atoms with Crippen LogP contribution in [0.2, 0.25) is 0 Å². The van der Waals surface area contributed by atoms with Gasteiger partial charge in [-0.25, -0.2) is 4.39 Å². The highest BCUT2D eigenvalue weighted by Gasteiger charge is 2.10. The van der Waals surface area contributed by atoms with Gasteiger partial charge in [0.2, 0.25) is 0 Å². The van der Waals surface area contributed by atoms with Crippen LogP contribution in [0.4, 0.5) is 4.39 Å². The number of halogens is 1. The third kappa shape index (κ3) is 1.14. The fourth-order valence-electron chi connectivity index (χ4n) is 0.661. The van der Waals surface area contributed by atoms with E-state index in [2.05, 4.69) is 0 Å². The summed E-state index contributed by atoms with van der Waals surface area (Å²) >= 11 is 0. The summed E-state index contributed by atoms with van der Waals surface area (Å²) in [6.07, 6.45) is 0.258. The highest BCUT2D eigenvalue weighted by Crippen LogP contribution is 2.28. The van der Waals surface area contributed by atoms with E-state index >= 15 is 0 Å². The Balaban J connectivity index is 3.36. The molecule has 0 atom stereocenters. The average molecular weight is 156 g/mol. The molecule has 0 aliphatic rings. The Bertz CT molecular complexity index is 296. The van der Waals surface area contributed by atoms with Gasteiger partial charge >= 0.3 is 0 Å². The van der Waals surface area contributed by atoms with Crippen LogP contribution in [-0.2, 0) is 0 Å². The van der Waals surface area contributed by atoms with Crippen LogP contribution >= 0.6 is 0 Å². The highest BCUT2D eigenvalue weighted by molar-refractivity contribution is 5.76. The molecule has 0 spiro atoms. The summed E-state index contributed by atoms with van der Waals surface area (Å²) in [5, 5.41) is 17.4. The topological polar surface area (TPSA) is 57.5 Å². The van der Waals surface area contributed by atoms with Gasteiger partial charge in [0.05, 0.1) is 5.56 Å². The number of rotatable bonds is 1. The van der Waals surface area contributed by atoms with Gasteiger partial charge in [-0.05, 0) is 12.1 Å². The zero-order valence-electron chi connectivity index (χ0n) is 5.41. The van der Waals surface area contributed by atoms with Crippen molar-refractivity contribution in [3.63, 3.8) is 0 Å². The van der Waals surface area contributed by atoms with Crippen LogP contribution in [0.25, 0.3) is 0 Å². The number of benzene rings is 1. The van der Waals surface area contributed by atoms with Gasteiger partial charge in [0.25, 0.3) is 0 Å². The van der Waals surface area contributed by atoms with Crippen molar-refractivity contribution in [2.45, 2.75) is 0 Å². The molecule has 0 aliphatic heterocycles. The number of phenolic OH excluding ortho intramolecular Hbond substituents is 2. The SMILES string of the molecule is O=Cc1ccc(O)c(O)c1F. The van der Waals surface area contributed by atoms with Crippen molar-refractivity contribution in [1.82, 2.24) is 0 Å². The first kappa shape index (κ1) is 7.53. The monoisotopic (exact) mass is 156 g/mol. The van der Waals surface area contributed by atoms with E-state index in [9.17, 15) is 9.18 Å². The number of hydrogen-bond donors (Lipinski definition) is 2. The van der Waals surface area contributed by atoms with Gasteiger partial charge in [-0.1, -0.05) is 0 Å². The van der Waals surface area contributed by atoms with Gasteiger partial charge in [0.15, 0.2) is 23.6 Å². The Morgan fingerprint density at radius 3 is 2.55 bits per heavy atom. The van der Waals surface area contributed by atoms with Crippen LogP contribution in [0.15, 0.2) is 12.1 Å². The lowest BCUT2D eigenvalue weighted by atomic mass is 10.2. The van der Waals surface area contributed by atoms with E-state index in [0.29, 0.717) is 0 Å². The summed E-state index contributed by atoms with van der Waals surface area (Å²) in [7, 11) is 0. The van der Waals surface area contributed by atoms with E-state index in [1.165, 1.54) is 0 Å². The predicted octanol–water partition coefficient (Wildman–Crippen LogP) is 1.05. The van der Waals surface area contributed by atoms with Crippen LogP contribution in [0.3, 0.4) is 0 Å². The molecular weight excluding hydrogens is 151 g/mol. The summed E-state index contributed by atoms with van der Waals surface area (Å²) in [6.45, 7) is 0. The van der Waals surface area contributed by atoms with E-state index < -0.39 is 17.3 Å². The quantitative estimate of drug-likeness (QED) is 0.472. The summed E-state index contributed by atoms with van der Waals surface area (Å²) in [6, 6.07) is 2.12. The van der Waals surface area contributed by atoms with Gasteiger partial charge < -0.3 is 10.2 Å². The van der Waals surface area contributed by atoms with Crippen LogP contribution in [0.5, 0.6) is 11.5 Å². The van der Waals surface area contributed by atoms with Crippen molar-refractivity contribution >= 4 is 6.29 Å². The molecule has 0 heterocycles. The van der Waals surface area contributed by atoms with Crippen LogP contribution in [0, 0.1) is 5.82 Å². The zero-order chi connectivity index (χ0) is 8.43. The minimum atomic E-state index is -1.10. The molecule has 0 fully saturated rings. The third-order valence-electron chi connectivity index (χ3n) is 1.25. The van der Waals surface area contributed by atoms with Crippen molar-refractivity contribution < 1.29 is 19.4 Å². The maximum Gasteiger partial charge on any atom is 0.194 e. The Morgan fingerprint density at radius 2 is 2.00 bits per heavy atom. The molecule has 2 N–H and O–H groups in total. The molecule has 0 saturated carbocycles. The summed E-state index contributed by atoms with van der Waals surface area (Å²) < 4.78 is 12.6. The fraction of sp³-hybridized carbons (Fsp3) is 0. The largest absolute Gasteiger partial charge is 0.504 e. The average Bonchev–Trinajstić information content (AvgIpc) is 2.01. The predicted molar refractivity (Wildman–Crippen MR) is 35.1 cm³/mol. The number of carbonyl (C=O) groups excluding carboxylic acids is 1. The Labute approximate surface area is 61.7 Å². The minimum Gasteiger partial charge on any atom is -0.504 e. The zero-order valence-corrected chi connectivity index (χ0v) is 5.41. The van der Waals surface area contributed by atoms with Crippen molar-refractivity contribution in [3.8, 4) is 11.5 Å². The molecule has 0 radical (unpaired) electrons. The summed E-state index contributed by atoms with van der Waals surface area (Å²) in [5.74, 6) is -2.57. The molecule has 1 rings (SSSR count). The Kier molecular flexibility index (Phi) is 1.76. The highest BCUT2D eigenvalue weighted by atomic mass is 19.1. The molecule has 3 nitrogen and oxygen atoms in total. The Hall–Kier alpha value is -1.58. The van der Waals surface area contributed by atoms with E-state index in [1.807, 2.05) is 0 Å². The van der Waals surface area contributed by atoms with Crippen molar-refractivity contribution in [2.75, 3.05) is 0 Å². The van der Waals surface area contributed by atoms with Gasteiger partial charge in [-0.2, -0.15) is 0 Å². The smallest absolute Gasteiger partial charge is 0.194 e. The molecule has 1 aromatic carbocycles. The number of aldehydes is 1. The second-order valence-corrected chi connectivity index (χ2v) is 1.95. The molecule has 1 aromatic rings. The van der Waals surface area contributed by atoms with Crippen molar-refractivity contribution in [2.24, 2.45) is 0 Å². The lowest BCUT2D eigenvalue weighted by Crippen LogP contribution is -1.87. The van der Waals surface area contributed by atoms with E-state index in [1.54, 1.807) is 0 Å². The molecule has 58 valence electrons. The second-order valence-electron chi connectivity index (χ2n) is 1.95. The van der Waals surface area contributed by atoms with E-state index in [-0.39, 0.29) is 11.8 Å². The first-order chi connectivity index (χ1) is 5.16. The van der Waals surface area contributed by atoms with E-state index in [4.69, 9.17) is 10.2 Å². The van der Waals surface area contributed by atoms with Gasteiger partial charge in [0.1, 0.15) is 0 Å². The molecule has 0 aliphatic carbocycles.